The van der Waals surface area contributed by atoms with E-state index in [1.165, 1.54) is 11.8 Å². The zero-order chi connectivity index (χ0) is 18.1. The van der Waals surface area contributed by atoms with Crippen LogP contribution in [0.3, 0.4) is 0 Å². The van der Waals surface area contributed by atoms with Crippen molar-refractivity contribution in [1.29, 1.82) is 0 Å². The first-order chi connectivity index (χ1) is 11.9. The van der Waals surface area contributed by atoms with E-state index in [2.05, 4.69) is 5.32 Å². The van der Waals surface area contributed by atoms with Gasteiger partial charge in [-0.2, -0.15) is 0 Å². The number of imide groups is 1. The quantitative estimate of drug-likeness (QED) is 0.687. The number of aryl methyl sites for hydroxylation is 2. The van der Waals surface area contributed by atoms with Crippen LogP contribution in [-0.4, -0.2) is 23.6 Å². The number of ketones is 1. The molecule has 1 heterocycles. The molecule has 0 aliphatic carbocycles. The van der Waals surface area contributed by atoms with Gasteiger partial charge in [0.05, 0.1) is 12.1 Å². The summed E-state index contributed by atoms with van der Waals surface area (Å²) in [4.78, 5) is 38.1. The number of para-hydroxylation sites is 1. The first kappa shape index (κ1) is 16.9. The maximum atomic E-state index is 12.8. The molecule has 3 rings (SSSR count). The summed E-state index contributed by atoms with van der Waals surface area (Å²) in [7, 11) is 0. The molecule has 128 valence electrons. The molecule has 1 aliphatic rings. The molecule has 0 spiro atoms. The predicted octanol–water partition coefficient (Wildman–Crippen LogP) is 3.25. The van der Waals surface area contributed by atoms with Gasteiger partial charge in [-0.25, -0.2) is 4.90 Å². The van der Waals surface area contributed by atoms with Crippen molar-refractivity contribution in [2.45, 2.75) is 33.2 Å². The van der Waals surface area contributed by atoms with Crippen LogP contribution in [-0.2, 0) is 9.59 Å². The Bertz CT molecular complexity index is 853. The summed E-state index contributed by atoms with van der Waals surface area (Å²) >= 11 is 0. The van der Waals surface area contributed by atoms with E-state index in [9.17, 15) is 14.4 Å². The Morgan fingerprint density at radius 2 is 1.72 bits per heavy atom. The lowest BCUT2D eigenvalue weighted by Crippen LogP contribution is -2.35. The lowest BCUT2D eigenvalue weighted by molar-refractivity contribution is -0.121. The number of rotatable bonds is 4. The number of amides is 2. The van der Waals surface area contributed by atoms with E-state index in [0.29, 0.717) is 16.9 Å². The molecule has 1 unspecified atom stereocenters. The van der Waals surface area contributed by atoms with Crippen LogP contribution in [0.15, 0.2) is 42.5 Å². The van der Waals surface area contributed by atoms with Gasteiger partial charge in [0, 0.05) is 11.3 Å². The van der Waals surface area contributed by atoms with Crippen molar-refractivity contribution in [2.75, 3.05) is 10.2 Å². The molecule has 1 saturated heterocycles. The molecule has 1 atom stereocenters. The summed E-state index contributed by atoms with van der Waals surface area (Å²) in [5.41, 5.74) is 3.66. The molecule has 1 aliphatic heterocycles. The van der Waals surface area contributed by atoms with Gasteiger partial charge in [0.2, 0.25) is 5.91 Å². The largest absolute Gasteiger partial charge is 0.373 e. The Labute approximate surface area is 146 Å². The number of hydrogen-bond donors (Lipinski definition) is 1. The number of carbonyl (C=O) groups is 3. The molecule has 0 saturated carbocycles. The average molecular weight is 336 g/mol. The van der Waals surface area contributed by atoms with Gasteiger partial charge in [-0.1, -0.05) is 30.3 Å². The smallest absolute Gasteiger partial charge is 0.256 e. The highest BCUT2D eigenvalue weighted by Gasteiger charge is 2.40. The van der Waals surface area contributed by atoms with E-state index < -0.39 is 6.04 Å². The van der Waals surface area contributed by atoms with Crippen molar-refractivity contribution in [2.24, 2.45) is 0 Å². The fourth-order valence-electron chi connectivity index (χ4n) is 3.17. The molecule has 0 bridgehead atoms. The van der Waals surface area contributed by atoms with Gasteiger partial charge >= 0.3 is 0 Å². The lowest BCUT2D eigenvalue weighted by atomic mass is 10.1. The first-order valence-electron chi connectivity index (χ1n) is 8.19. The van der Waals surface area contributed by atoms with Gasteiger partial charge in [0.15, 0.2) is 5.78 Å². The maximum absolute atomic E-state index is 12.8. The van der Waals surface area contributed by atoms with Crippen LogP contribution in [0.5, 0.6) is 0 Å². The van der Waals surface area contributed by atoms with Crippen LogP contribution in [0.25, 0.3) is 0 Å². The first-order valence-corrected chi connectivity index (χ1v) is 8.19. The Hall–Kier alpha value is -2.95. The minimum absolute atomic E-state index is 0.0466. The van der Waals surface area contributed by atoms with E-state index >= 15 is 0 Å². The maximum Gasteiger partial charge on any atom is 0.256 e. The number of nitrogens with one attached hydrogen (secondary N) is 1. The lowest BCUT2D eigenvalue weighted by Gasteiger charge is -2.20. The van der Waals surface area contributed by atoms with Gasteiger partial charge in [-0.15, -0.1) is 0 Å². The number of Topliss-reactive ketones (excluding diaryl/α,β-unsaturated/α-hetero) is 1. The van der Waals surface area contributed by atoms with Gasteiger partial charge < -0.3 is 5.32 Å². The molecule has 2 amide bonds. The van der Waals surface area contributed by atoms with Crippen molar-refractivity contribution in [1.82, 2.24) is 0 Å². The summed E-state index contributed by atoms with van der Waals surface area (Å²) in [6.45, 7) is 5.27. The highest BCUT2D eigenvalue weighted by Crippen LogP contribution is 2.30. The summed E-state index contributed by atoms with van der Waals surface area (Å²) in [5, 5.41) is 3.09. The summed E-state index contributed by atoms with van der Waals surface area (Å²) in [6, 6.07) is 12.0. The summed E-state index contributed by atoms with van der Waals surface area (Å²) < 4.78 is 0. The second-order valence-electron chi connectivity index (χ2n) is 6.35. The number of carbonyl (C=O) groups excluding carboxylic acids is 3. The van der Waals surface area contributed by atoms with Crippen LogP contribution < -0.4 is 10.2 Å². The second kappa shape index (κ2) is 6.51. The topological polar surface area (TPSA) is 66.5 Å². The van der Waals surface area contributed by atoms with Crippen molar-refractivity contribution >= 4 is 29.0 Å². The molecule has 1 N–H and O–H groups in total. The van der Waals surface area contributed by atoms with E-state index in [0.717, 1.165) is 11.1 Å². The molecule has 1 fully saturated rings. The highest BCUT2D eigenvalue weighted by molar-refractivity contribution is 6.23. The Morgan fingerprint density at radius 3 is 2.36 bits per heavy atom. The average Bonchev–Trinajstić information content (AvgIpc) is 2.82. The van der Waals surface area contributed by atoms with Gasteiger partial charge in [0.1, 0.15) is 6.04 Å². The number of anilines is 2. The monoisotopic (exact) mass is 336 g/mol. The third-order valence-electron chi connectivity index (χ3n) is 4.42. The van der Waals surface area contributed by atoms with Crippen molar-refractivity contribution in [3.63, 3.8) is 0 Å². The fourth-order valence-corrected chi connectivity index (χ4v) is 3.17. The Kier molecular flexibility index (Phi) is 4.40. The van der Waals surface area contributed by atoms with Crippen LogP contribution in [0.4, 0.5) is 11.4 Å². The fraction of sp³-hybridized carbons (Fsp3) is 0.250. The SMILES string of the molecule is CC(=O)c1cccc(NC2CC(=O)N(c3c(C)cccc3C)C2=O)c1. The minimum Gasteiger partial charge on any atom is -0.373 e. The third kappa shape index (κ3) is 3.18. The van der Waals surface area contributed by atoms with E-state index in [-0.39, 0.29) is 24.0 Å². The molecule has 2 aromatic rings. The Morgan fingerprint density at radius 1 is 1.08 bits per heavy atom. The zero-order valence-corrected chi connectivity index (χ0v) is 14.5. The molecular formula is C20H20N2O3. The normalized spacial score (nSPS) is 17.1. The molecule has 5 heteroatoms. The Balaban J connectivity index is 1.87. The van der Waals surface area contributed by atoms with E-state index in [1.54, 1.807) is 24.3 Å². The highest BCUT2D eigenvalue weighted by atomic mass is 16.2. The van der Waals surface area contributed by atoms with Crippen molar-refractivity contribution < 1.29 is 14.4 Å². The van der Waals surface area contributed by atoms with Crippen LogP contribution in [0.2, 0.25) is 0 Å². The number of benzene rings is 2. The number of nitrogens with zero attached hydrogens (tertiary/aromatic N) is 1. The van der Waals surface area contributed by atoms with Gasteiger partial charge in [-0.3, -0.25) is 14.4 Å². The molecule has 0 aromatic heterocycles. The second-order valence-corrected chi connectivity index (χ2v) is 6.35. The molecule has 5 nitrogen and oxygen atoms in total. The molecule has 2 aromatic carbocycles. The van der Waals surface area contributed by atoms with Crippen molar-refractivity contribution in [3.05, 3.63) is 59.2 Å². The minimum atomic E-state index is -0.631. The summed E-state index contributed by atoms with van der Waals surface area (Å²) in [6.07, 6.45) is 0.0942. The molecule has 0 radical (unpaired) electrons. The molecular weight excluding hydrogens is 316 g/mol. The van der Waals surface area contributed by atoms with Crippen LogP contribution >= 0.6 is 0 Å². The van der Waals surface area contributed by atoms with Crippen LogP contribution in [0, 0.1) is 13.8 Å². The third-order valence-corrected chi connectivity index (χ3v) is 4.42. The predicted molar refractivity (Wildman–Crippen MR) is 96.9 cm³/mol. The van der Waals surface area contributed by atoms with Crippen LogP contribution in [0.1, 0.15) is 34.8 Å². The van der Waals surface area contributed by atoms with Gasteiger partial charge in [-0.05, 0) is 44.0 Å². The zero-order valence-electron chi connectivity index (χ0n) is 14.5. The molecule has 25 heavy (non-hydrogen) atoms. The van der Waals surface area contributed by atoms with E-state index in [1.807, 2.05) is 32.0 Å². The van der Waals surface area contributed by atoms with E-state index in [4.69, 9.17) is 0 Å². The van der Waals surface area contributed by atoms with Crippen molar-refractivity contribution in [3.8, 4) is 0 Å². The number of hydrogen-bond acceptors (Lipinski definition) is 4. The van der Waals surface area contributed by atoms with Gasteiger partial charge in [0.25, 0.3) is 5.91 Å². The summed E-state index contributed by atoms with van der Waals surface area (Å²) in [5.74, 6) is -0.534. The standard InChI is InChI=1S/C20H20N2O3/c1-12-6-4-7-13(2)19(12)22-18(24)11-17(20(22)25)21-16-9-5-8-15(10-16)14(3)23/h4-10,17,21H,11H2,1-3H3.